The maximum absolute atomic E-state index is 12.6. The normalized spacial score (nSPS) is 12.5. The van der Waals surface area contributed by atoms with Crippen molar-refractivity contribution in [1.82, 2.24) is 20.6 Å². The standard InChI is InChI=1S/C16H17F3N4O3/c1-9(11-3-5-12(6-4-11)16(17,18)19)23-7-13(14(8-24)22-23)15(26)21-20-10(2)25/h3-7,9,24H,8H2,1-2H3,(H,20,25)(H,21,26). The fourth-order valence-electron chi connectivity index (χ4n) is 2.25. The maximum atomic E-state index is 12.6. The van der Waals surface area contributed by atoms with Gasteiger partial charge in [-0.05, 0) is 24.6 Å². The van der Waals surface area contributed by atoms with E-state index in [0.717, 1.165) is 12.1 Å². The molecule has 3 N–H and O–H groups in total. The molecule has 0 radical (unpaired) electrons. The second-order valence-corrected chi connectivity index (χ2v) is 5.56. The molecule has 1 aromatic heterocycles. The van der Waals surface area contributed by atoms with E-state index >= 15 is 0 Å². The molecule has 26 heavy (non-hydrogen) atoms. The number of alkyl halides is 3. The van der Waals surface area contributed by atoms with Crippen molar-refractivity contribution in [1.29, 1.82) is 0 Å². The van der Waals surface area contributed by atoms with Gasteiger partial charge in [0.25, 0.3) is 5.91 Å². The zero-order chi connectivity index (χ0) is 19.5. The summed E-state index contributed by atoms with van der Waals surface area (Å²) in [5, 5.41) is 13.5. The SMILES string of the molecule is CC(=O)NNC(=O)c1cn(C(C)c2ccc(C(F)(F)F)cc2)nc1CO. The number of aromatic nitrogens is 2. The van der Waals surface area contributed by atoms with Crippen LogP contribution < -0.4 is 10.9 Å². The molecule has 0 spiro atoms. The van der Waals surface area contributed by atoms with Gasteiger partial charge in [0, 0.05) is 13.1 Å². The number of hydrogen-bond acceptors (Lipinski definition) is 4. The van der Waals surface area contributed by atoms with E-state index in [0.29, 0.717) is 5.56 Å². The Balaban J connectivity index is 2.25. The first-order valence-corrected chi connectivity index (χ1v) is 7.56. The van der Waals surface area contributed by atoms with Crippen LogP contribution in [-0.2, 0) is 17.6 Å². The number of nitrogens with one attached hydrogen (secondary N) is 2. The van der Waals surface area contributed by atoms with E-state index in [2.05, 4.69) is 16.0 Å². The lowest BCUT2D eigenvalue weighted by atomic mass is 10.1. The van der Waals surface area contributed by atoms with Gasteiger partial charge in [-0.1, -0.05) is 12.1 Å². The van der Waals surface area contributed by atoms with Crippen molar-refractivity contribution in [3.63, 3.8) is 0 Å². The Morgan fingerprint density at radius 2 is 1.85 bits per heavy atom. The lowest BCUT2D eigenvalue weighted by Gasteiger charge is -2.14. The van der Waals surface area contributed by atoms with Crippen LogP contribution in [-0.4, -0.2) is 26.7 Å². The third-order valence-corrected chi connectivity index (χ3v) is 3.67. The summed E-state index contributed by atoms with van der Waals surface area (Å²) < 4.78 is 39.3. The average molecular weight is 370 g/mol. The summed E-state index contributed by atoms with van der Waals surface area (Å²) in [6.45, 7) is 2.38. The number of aliphatic hydroxyl groups excluding tert-OH is 1. The third kappa shape index (κ3) is 4.39. The summed E-state index contributed by atoms with van der Waals surface area (Å²) in [7, 11) is 0. The van der Waals surface area contributed by atoms with Gasteiger partial charge in [-0.15, -0.1) is 0 Å². The van der Waals surface area contributed by atoms with Gasteiger partial charge in [0.15, 0.2) is 0 Å². The molecule has 10 heteroatoms. The van der Waals surface area contributed by atoms with Gasteiger partial charge in [-0.2, -0.15) is 18.3 Å². The highest BCUT2D eigenvalue weighted by atomic mass is 19.4. The van der Waals surface area contributed by atoms with Crippen LogP contribution in [0.2, 0.25) is 0 Å². The van der Waals surface area contributed by atoms with Crippen LogP contribution in [0.4, 0.5) is 13.2 Å². The van der Waals surface area contributed by atoms with Crippen LogP contribution in [0.25, 0.3) is 0 Å². The van der Waals surface area contributed by atoms with E-state index in [9.17, 15) is 27.9 Å². The summed E-state index contributed by atoms with van der Waals surface area (Å²) in [4.78, 5) is 22.9. The van der Waals surface area contributed by atoms with E-state index in [4.69, 9.17) is 0 Å². The molecule has 0 fully saturated rings. The van der Waals surface area contributed by atoms with E-state index in [1.807, 2.05) is 0 Å². The van der Waals surface area contributed by atoms with Gasteiger partial charge in [-0.25, -0.2) is 0 Å². The minimum absolute atomic E-state index is 0.0417. The molecule has 1 heterocycles. The predicted molar refractivity (Wildman–Crippen MR) is 84.7 cm³/mol. The van der Waals surface area contributed by atoms with Crippen LogP contribution in [0, 0.1) is 0 Å². The maximum Gasteiger partial charge on any atom is 0.416 e. The number of carbonyl (C=O) groups is 2. The Kier molecular flexibility index (Phi) is 5.66. The van der Waals surface area contributed by atoms with Crippen LogP contribution in [0.3, 0.4) is 0 Å². The molecule has 1 unspecified atom stereocenters. The summed E-state index contributed by atoms with van der Waals surface area (Å²) in [6.07, 6.45) is -3.07. The highest BCUT2D eigenvalue weighted by molar-refractivity contribution is 5.96. The monoisotopic (exact) mass is 370 g/mol. The molecule has 1 aromatic carbocycles. The highest BCUT2D eigenvalue weighted by Gasteiger charge is 2.30. The molecule has 0 aliphatic heterocycles. The van der Waals surface area contributed by atoms with Crippen molar-refractivity contribution >= 4 is 11.8 Å². The molecule has 0 saturated heterocycles. The van der Waals surface area contributed by atoms with E-state index < -0.39 is 36.2 Å². The first-order valence-electron chi connectivity index (χ1n) is 7.56. The second kappa shape index (κ2) is 7.56. The van der Waals surface area contributed by atoms with Crippen molar-refractivity contribution in [2.24, 2.45) is 0 Å². The van der Waals surface area contributed by atoms with Crippen LogP contribution in [0.1, 0.15) is 47.1 Å². The number of hydrazine groups is 1. The highest BCUT2D eigenvalue weighted by Crippen LogP contribution is 2.30. The zero-order valence-electron chi connectivity index (χ0n) is 14.0. The lowest BCUT2D eigenvalue weighted by Crippen LogP contribution is -2.40. The molecular weight excluding hydrogens is 353 g/mol. The number of halogens is 3. The molecule has 0 bridgehead atoms. The van der Waals surface area contributed by atoms with Crippen LogP contribution in [0.15, 0.2) is 30.5 Å². The van der Waals surface area contributed by atoms with Crippen molar-refractivity contribution < 1.29 is 27.9 Å². The van der Waals surface area contributed by atoms with Crippen LogP contribution >= 0.6 is 0 Å². The number of hydrogen-bond donors (Lipinski definition) is 3. The Hall–Kier alpha value is -2.88. The quantitative estimate of drug-likeness (QED) is 0.715. The fourth-order valence-corrected chi connectivity index (χ4v) is 2.25. The van der Waals surface area contributed by atoms with Gasteiger partial charge < -0.3 is 5.11 Å². The Morgan fingerprint density at radius 1 is 1.23 bits per heavy atom. The minimum Gasteiger partial charge on any atom is -0.390 e. The van der Waals surface area contributed by atoms with Gasteiger partial charge in [0.2, 0.25) is 5.91 Å². The van der Waals surface area contributed by atoms with E-state index in [-0.39, 0.29) is 11.3 Å². The molecule has 7 nitrogen and oxygen atoms in total. The third-order valence-electron chi connectivity index (χ3n) is 3.67. The molecule has 0 aliphatic rings. The fraction of sp³-hybridized carbons (Fsp3) is 0.312. The van der Waals surface area contributed by atoms with E-state index in [1.54, 1.807) is 6.92 Å². The molecule has 140 valence electrons. The smallest absolute Gasteiger partial charge is 0.390 e. The Morgan fingerprint density at radius 3 is 2.35 bits per heavy atom. The number of benzene rings is 1. The largest absolute Gasteiger partial charge is 0.416 e. The number of nitrogens with zero attached hydrogens (tertiary/aromatic N) is 2. The number of rotatable bonds is 4. The Labute approximate surface area is 146 Å². The molecule has 2 rings (SSSR count). The predicted octanol–water partition coefficient (Wildman–Crippen LogP) is 1.78. The minimum atomic E-state index is -4.42. The second-order valence-electron chi connectivity index (χ2n) is 5.56. The first-order chi connectivity index (χ1) is 12.1. The average Bonchev–Trinajstić information content (AvgIpc) is 3.02. The lowest BCUT2D eigenvalue weighted by molar-refractivity contribution is -0.137. The molecular formula is C16H17F3N4O3. The topological polar surface area (TPSA) is 96.3 Å². The van der Waals surface area contributed by atoms with Gasteiger partial charge in [0.1, 0.15) is 5.69 Å². The van der Waals surface area contributed by atoms with Crippen molar-refractivity contribution in [3.8, 4) is 0 Å². The van der Waals surface area contributed by atoms with Gasteiger partial charge in [-0.3, -0.25) is 25.1 Å². The van der Waals surface area contributed by atoms with E-state index in [1.165, 1.54) is 29.9 Å². The van der Waals surface area contributed by atoms with Crippen LogP contribution in [0.5, 0.6) is 0 Å². The van der Waals surface area contributed by atoms with Crippen molar-refractivity contribution in [2.75, 3.05) is 0 Å². The summed E-state index contributed by atoms with van der Waals surface area (Å²) in [6, 6.07) is 4.10. The van der Waals surface area contributed by atoms with Crippen molar-refractivity contribution in [2.45, 2.75) is 32.7 Å². The Bertz CT molecular complexity index is 800. The summed E-state index contributed by atoms with van der Waals surface area (Å²) >= 11 is 0. The zero-order valence-corrected chi connectivity index (χ0v) is 14.0. The van der Waals surface area contributed by atoms with Gasteiger partial charge >= 0.3 is 6.18 Å². The van der Waals surface area contributed by atoms with Gasteiger partial charge in [0.05, 0.1) is 23.8 Å². The van der Waals surface area contributed by atoms with Crippen molar-refractivity contribution in [3.05, 3.63) is 52.8 Å². The summed E-state index contributed by atoms with van der Waals surface area (Å²) in [5.74, 6) is -1.15. The number of aliphatic hydroxyl groups is 1. The molecule has 2 amide bonds. The molecule has 0 aliphatic carbocycles. The number of carbonyl (C=O) groups excluding carboxylic acids is 2. The summed E-state index contributed by atoms with van der Waals surface area (Å²) in [5.41, 5.74) is 4.18. The number of amides is 2. The molecule has 2 aromatic rings. The first kappa shape index (κ1) is 19.4. The molecule has 1 atom stereocenters. The molecule has 0 saturated carbocycles.